The van der Waals surface area contributed by atoms with Gasteiger partial charge in [-0.25, -0.2) is 4.79 Å². The molecule has 7 nitrogen and oxygen atoms in total. The van der Waals surface area contributed by atoms with E-state index >= 15 is 0 Å². The van der Waals surface area contributed by atoms with Crippen LogP contribution in [0.25, 0.3) is 0 Å². The van der Waals surface area contributed by atoms with E-state index in [0.29, 0.717) is 13.2 Å². The molecule has 2 unspecified atom stereocenters. The standard InChI is InChI=1S/C12H22N2O5/c1-11(18,6-9(15)16)7-13-10(17)14-8-12(2)4-3-5-19-12/h18H,3-8H2,1-2H3,(H,15,16)(H2,13,14,17). The van der Waals surface area contributed by atoms with Crippen molar-refractivity contribution in [1.82, 2.24) is 10.6 Å². The Hall–Kier alpha value is -1.34. The molecule has 19 heavy (non-hydrogen) atoms. The number of carbonyl (C=O) groups excluding carboxylic acids is 1. The van der Waals surface area contributed by atoms with Crippen molar-refractivity contribution in [3.05, 3.63) is 0 Å². The maximum absolute atomic E-state index is 11.5. The molecule has 0 saturated carbocycles. The molecule has 1 rings (SSSR count). The van der Waals surface area contributed by atoms with E-state index in [-0.39, 0.29) is 12.1 Å². The number of aliphatic hydroxyl groups is 1. The fraction of sp³-hybridized carbons (Fsp3) is 0.833. The lowest BCUT2D eigenvalue weighted by molar-refractivity contribution is -0.141. The van der Waals surface area contributed by atoms with Gasteiger partial charge in [0.1, 0.15) is 0 Å². The summed E-state index contributed by atoms with van der Waals surface area (Å²) in [6.45, 7) is 4.26. The van der Waals surface area contributed by atoms with Crippen LogP contribution in [0.15, 0.2) is 0 Å². The lowest BCUT2D eigenvalue weighted by Crippen LogP contribution is -2.49. The van der Waals surface area contributed by atoms with Crippen LogP contribution >= 0.6 is 0 Å². The number of urea groups is 1. The fourth-order valence-electron chi connectivity index (χ4n) is 1.97. The number of amides is 2. The molecule has 0 radical (unpaired) electrons. The zero-order chi connectivity index (χ0) is 14.5. The van der Waals surface area contributed by atoms with E-state index in [9.17, 15) is 14.7 Å². The van der Waals surface area contributed by atoms with Crippen LogP contribution < -0.4 is 10.6 Å². The molecule has 0 spiro atoms. The lowest BCUT2D eigenvalue weighted by atomic mass is 10.0. The summed E-state index contributed by atoms with van der Waals surface area (Å²) in [6, 6.07) is -0.442. The van der Waals surface area contributed by atoms with Crippen molar-refractivity contribution in [2.75, 3.05) is 19.7 Å². The second-order valence-electron chi connectivity index (χ2n) is 5.51. The van der Waals surface area contributed by atoms with Gasteiger partial charge in [-0.15, -0.1) is 0 Å². The Morgan fingerprint density at radius 2 is 2.11 bits per heavy atom. The predicted molar refractivity (Wildman–Crippen MR) is 67.9 cm³/mol. The van der Waals surface area contributed by atoms with E-state index in [1.165, 1.54) is 6.92 Å². The highest BCUT2D eigenvalue weighted by Gasteiger charge is 2.30. The third-order valence-corrected chi connectivity index (χ3v) is 3.09. The summed E-state index contributed by atoms with van der Waals surface area (Å²) in [5, 5.41) is 23.4. The van der Waals surface area contributed by atoms with Gasteiger partial charge in [-0.2, -0.15) is 0 Å². The average molecular weight is 274 g/mol. The van der Waals surface area contributed by atoms with E-state index in [2.05, 4.69) is 10.6 Å². The van der Waals surface area contributed by atoms with Crippen LogP contribution in [-0.4, -0.2) is 53.1 Å². The monoisotopic (exact) mass is 274 g/mol. The van der Waals surface area contributed by atoms with Crippen molar-refractivity contribution < 1.29 is 24.5 Å². The van der Waals surface area contributed by atoms with Gasteiger partial charge in [-0.3, -0.25) is 4.79 Å². The molecule has 1 heterocycles. The molecule has 0 aliphatic carbocycles. The Morgan fingerprint density at radius 3 is 2.63 bits per heavy atom. The summed E-state index contributed by atoms with van der Waals surface area (Å²) in [5.41, 5.74) is -1.79. The van der Waals surface area contributed by atoms with Crippen molar-refractivity contribution in [2.24, 2.45) is 0 Å². The molecule has 1 saturated heterocycles. The summed E-state index contributed by atoms with van der Waals surface area (Å²) in [6.07, 6.45) is 1.45. The molecule has 1 fully saturated rings. The Morgan fingerprint density at radius 1 is 1.42 bits per heavy atom. The Bertz CT molecular complexity index is 337. The maximum Gasteiger partial charge on any atom is 0.314 e. The third-order valence-electron chi connectivity index (χ3n) is 3.09. The quantitative estimate of drug-likeness (QED) is 0.548. The first-order chi connectivity index (χ1) is 8.72. The zero-order valence-corrected chi connectivity index (χ0v) is 11.4. The van der Waals surface area contributed by atoms with E-state index in [0.717, 1.165) is 12.8 Å². The number of carboxylic acid groups (broad SMARTS) is 1. The van der Waals surface area contributed by atoms with E-state index in [1.807, 2.05) is 6.92 Å². The molecule has 0 aromatic carbocycles. The van der Waals surface area contributed by atoms with Crippen molar-refractivity contribution in [2.45, 2.75) is 44.3 Å². The molecular weight excluding hydrogens is 252 g/mol. The number of rotatable bonds is 6. The average Bonchev–Trinajstić information content (AvgIpc) is 2.70. The molecule has 0 aromatic heterocycles. The Balaban J connectivity index is 2.26. The largest absolute Gasteiger partial charge is 0.481 e. The minimum atomic E-state index is -1.46. The molecule has 0 aromatic rings. The van der Waals surface area contributed by atoms with E-state index in [4.69, 9.17) is 9.84 Å². The summed E-state index contributed by atoms with van der Waals surface area (Å²) in [4.78, 5) is 22.0. The second kappa shape index (κ2) is 6.21. The van der Waals surface area contributed by atoms with Crippen molar-refractivity contribution in [1.29, 1.82) is 0 Å². The summed E-state index contributed by atoms with van der Waals surface area (Å²) in [7, 11) is 0. The first-order valence-corrected chi connectivity index (χ1v) is 6.32. The summed E-state index contributed by atoms with van der Waals surface area (Å²) >= 11 is 0. The molecule has 110 valence electrons. The molecule has 2 atom stereocenters. The van der Waals surface area contributed by atoms with Gasteiger partial charge < -0.3 is 25.6 Å². The van der Waals surface area contributed by atoms with Crippen LogP contribution in [0.2, 0.25) is 0 Å². The van der Waals surface area contributed by atoms with Crippen molar-refractivity contribution in [3.8, 4) is 0 Å². The van der Waals surface area contributed by atoms with E-state index in [1.54, 1.807) is 0 Å². The van der Waals surface area contributed by atoms with Crippen LogP contribution in [0.1, 0.15) is 33.1 Å². The normalized spacial score (nSPS) is 25.6. The van der Waals surface area contributed by atoms with Gasteiger partial charge in [-0.05, 0) is 26.7 Å². The van der Waals surface area contributed by atoms with Crippen LogP contribution in [0, 0.1) is 0 Å². The number of nitrogens with one attached hydrogen (secondary N) is 2. The van der Waals surface area contributed by atoms with Gasteiger partial charge in [0, 0.05) is 19.7 Å². The maximum atomic E-state index is 11.5. The van der Waals surface area contributed by atoms with Crippen molar-refractivity contribution in [3.63, 3.8) is 0 Å². The smallest absolute Gasteiger partial charge is 0.314 e. The van der Waals surface area contributed by atoms with Crippen LogP contribution in [0.3, 0.4) is 0 Å². The number of hydrogen-bond acceptors (Lipinski definition) is 4. The topological polar surface area (TPSA) is 108 Å². The number of ether oxygens (including phenoxy) is 1. The van der Waals surface area contributed by atoms with Gasteiger partial charge in [0.2, 0.25) is 0 Å². The van der Waals surface area contributed by atoms with Gasteiger partial charge in [0.05, 0.1) is 17.6 Å². The fourth-order valence-corrected chi connectivity index (χ4v) is 1.97. The van der Waals surface area contributed by atoms with Crippen molar-refractivity contribution >= 4 is 12.0 Å². The van der Waals surface area contributed by atoms with Crippen LogP contribution in [0.4, 0.5) is 4.79 Å². The minimum Gasteiger partial charge on any atom is -0.481 e. The number of carboxylic acids is 1. The highest BCUT2D eigenvalue weighted by Crippen LogP contribution is 2.23. The van der Waals surface area contributed by atoms with Crippen LogP contribution in [0.5, 0.6) is 0 Å². The summed E-state index contributed by atoms with van der Waals surface area (Å²) < 4.78 is 5.52. The molecule has 7 heteroatoms. The Kier molecular flexibility index (Phi) is 5.13. The number of hydrogen-bond donors (Lipinski definition) is 4. The first-order valence-electron chi connectivity index (χ1n) is 6.32. The second-order valence-corrected chi connectivity index (χ2v) is 5.51. The first kappa shape index (κ1) is 15.7. The summed E-state index contributed by atoms with van der Waals surface area (Å²) in [5.74, 6) is -1.11. The predicted octanol–water partition coefficient (Wildman–Crippen LogP) is 0.0804. The lowest BCUT2D eigenvalue weighted by Gasteiger charge is -2.25. The molecule has 0 bridgehead atoms. The van der Waals surface area contributed by atoms with Gasteiger partial charge in [-0.1, -0.05) is 0 Å². The third kappa shape index (κ3) is 5.89. The molecule has 1 aliphatic heterocycles. The van der Waals surface area contributed by atoms with Crippen LogP contribution in [-0.2, 0) is 9.53 Å². The number of aliphatic carboxylic acids is 1. The van der Waals surface area contributed by atoms with Gasteiger partial charge >= 0.3 is 12.0 Å². The molecule has 4 N–H and O–H groups in total. The molecular formula is C12H22N2O5. The highest BCUT2D eigenvalue weighted by atomic mass is 16.5. The van der Waals surface area contributed by atoms with Gasteiger partial charge in [0.25, 0.3) is 0 Å². The van der Waals surface area contributed by atoms with E-state index < -0.39 is 24.0 Å². The zero-order valence-electron chi connectivity index (χ0n) is 11.4. The van der Waals surface area contributed by atoms with Gasteiger partial charge in [0.15, 0.2) is 0 Å². The SMILES string of the molecule is CC(O)(CNC(=O)NCC1(C)CCCO1)CC(=O)O. The minimum absolute atomic E-state index is 0.122. The Labute approximate surface area is 112 Å². The molecule has 1 aliphatic rings. The molecule has 2 amide bonds. The highest BCUT2D eigenvalue weighted by molar-refractivity contribution is 5.74. The number of carbonyl (C=O) groups is 2.